The van der Waals surface area contributed by atoms with Gasteiger partial charge in [-0.2, -0.15) is 0 Å². The number of hydrogen-bond donors (Lipinski definition) is 0. The van der Waals surface area contributed by atoms with E-state index in [2.05, 4.69) is 21.9 Å². The third-order valence-corrected chi connectivity index (χ3v) is 6.34. The third kappa shape index (κ3) is 3.34. The van der Waals surface area contributed by atoms with Crippen LogP contribution in [0.3, 0.4) is 0 Å². The number of carbonyl (C=O) groups is 1. The van der Waals surface area contributed by atoms with Gasteiger partial charge in [0.05, 0.1) is 29.9 Å². The second kappa shape index (κ2) is 7.41. The van der Waals surface area contributed by atoms with Gasteiger partial charge >= 0.3 is 0 Å². The predicted octanol–water partition coefficient (Wildman–Crippen LogP) is 4.06. The average Bonchev–Trinajstić information content (AvgIpc) is 3.68. The van der Waals surface area contributed by atoms with Crippen molar-refractivity contribution in [3.05, 3.63) is 71.9 Å². The molecule has 2 aliphatic rings. The molecule has 0 N–H and O–H groups in total. The lowest BCUT2D eigenvalue weighted by molar-refractivity contribution is 0.0858. The maximum atomic E-state index is 13.6. The molecular formula is C24H23FN4O2. The van der Waals surface area contributed by atoms with Crippen LogP contribution in [-0.4, -0.2) is 43.9 Å². The first kappa shape index (κ1) is 19.6. The summed E-state index contributed by atoms with van der Waals surface area (Å²) in [5, 5.41) is 0. The summed E-state index contributed by atoms with van der Waals surface area (Å²) in [6.07, 6.45) is 6.30. The van der Waals surface area contributed by atoms with Crippen LogP contribution in [0.15, 0.2) is 55.0 Å². The van der Waals surface area contributed by atoms with Crippen LogP contribution in [0.2, 0.25) is 0 Å². The topological polar surface area (TPSA) is 68.0 Å². The zero-order valence-electron chi connectivity index (χ0n) is 17.5. The van der Waals surface area contributed by atoms with Crippen LogP contribution in [0.5, 0.6) is 5.88 Å². The van der Waals surface area contributed by atoms with Crippen LogP contribution < -0.4 is 4.74 Å². The van der Waals surface area contributed by atoms with Gasteiger partial charge in [-0.05, 0) is 38.0 Å². The Morgan fingerprint density at radius 3 is 2.74 bits per heavy atom. The largest absolute Gasteiger partial charge is 0.477 e. The van der Waals surface area contributed by atoms with Gasteiger partial charge in [0.2, 0.25) is 5.88 Å². The standard InChI is InChI=1S/C24H23FN4O2/c1-3-20-24(12-16(24)14-31-21-8-6-17(25)13-28-21)29(20)23(30)19-11-15(2)5-7-18(19)22-26-9-4-10-27-22/h4-11,13,16,20H,3,12,14H2,1-2H3. The lowest BCUT2D eigenvalue weighted by Gasteiger charge is -2.11. The molecule has 0 bridgehead atoms. The SMILES string of the molecule is CCC1N(C(=O)c2cc(C)ccc2-c2ncccn2)C12CC2COc1ccc(F)cn1. The summed E-state index contributed by atoms with van der Waals surface area (Å²) in [5.41, 5.74) is 2.25. The van der Waals surface area contributed by atoms with Gasteiger partial charge in [0, 0.05) is 29.9 Å². The first-order valence-electron chi connectivity index (χ1n) is 10.5. The Hall–Kier alpha value is -3.35. The molecule has 3 aromatic rings. The molecule has 7 heteroatoms. The highest BCUT2D eigenvalue weighted by Crippen LogP contribution is 2.66. The van der Waals surface area contributed by atoms with Crippen LogP contribution in [0.4, 0.5) is 4.39 Å². The summed E-state index contributed by atoms with van der Waals surface area (Å²) in [4.78, 5) is 28.2. The van der Waals surface area contributed by atoms with Crippen LogP contribution in [0.25, 0.3) is 11.4 Å². The van der Waals surface area contributed by atoms with Crippen molar-refractivity contribution in [1.29, 1.82) is 0 Å². The number of hydrogen-bond acceptors (Lipinski definition) is 5. The van der Waals surface area contributed by atoms with Crippen molar-refractivity contribution in [3.8, 4) is 17.3 Å². The molecule has 3 unspecified atom stereocenters. The quantitative estimate of drug-likeness (QED) is 0.565. The Kier molecular flexibility index (Phi) is 4.68. The van der Waals surface area contributed by atoms with Gasteiger partial charge in [0.15, 0.2) is 5.82 Å². The molecule has 0 radical (unpaired) electrons. The van der Waals surface area contributed by atoms with E-state index in [0.717, 1.165) is 30.2 Å². The molecule has 2 fully saturated rings. The monoisotopic (exact) mass is 418 g/mol. The zero-order chi connectivity index (χ0) is 21.6. The highest BCUT2D eigenvalue weighted by atomic mass is 19.1. The van der Waals surface area contributed by atoms with Crippen molar-refractivity contribution in [2.45, 2.75) is 38.3 Å². The van der Waals surface area contributed by atoms with Crippen molar-refractivity contribution >= 4 is 5.91 Å². The van der Waals surface area contributed by atoms with E-state index in [9.17, 15) is 9.18 Å². The Bertz CT molecular complexity index is 1120. The van der Waals surface area contributed by atoms with Gasteiger partial charge < -0.3 is 9.64 Å². The fourth-order valence-electron chi connectivity index (χ4n) is 4.75. The Morgan fingerprint density at radius 2 is 2.03 bits per heavy atom. The maximum Gasteiger partial charge on any atom is 0.255 e. The lowest BCUT2D eigenvalue weighted by Crippen LogP contribution is -2.18. The Labute approximate surface area is 180 Å². The second-order valence-electron chi connectivity index (χ2n) is 8.24. The van der Waals surface area contributed by atoms with E-state index < -0.39 is 5.82 Å². The molecule has 6 nitrogen and oxygen atoms in total. The van der Waals surface area contributed by atoms with E-state index in [1.165, 1.54) is 12.1 Å². The third-order valence-electron chi connectivity index (χ3n) is 6.34. The zero-order valence-corrected chi connectivity index (χ0v) is 17.5. The number of aromatic nitrogens is 3. The van der Waals surface area contributed by atoms with Crippen LogP contribution in [0, 0.1) is 18.7 Å². The summed E-state index contributed by atoms with van der Waals surface area (Å²) in [6.45, 7) is 4.54. The van der Waals surface area contributed by atoms with Gasteiger partial charge in [-0.1, -0.05) is 24.6 Å². The normalized spacial score (nSPS) is 23.6. The van der Waals surface area contributed by atoms with Crippen molar-refractivity contribution in [3.63, 3.8) is 0 Å². The van der Waals surface area contributed by atoms with E-state index in [4.69, 9.17) is 4.74 Å². The molecule has 3 heterocycles. The summed E-state index contributed by atoms with van der Waals surface area (Å²) in [6, 6.07) is 10.6. The van der Waals surface area contributed by atoms with E-state index in [0.29, 0.717) is 23.9 Å². The molecule has 3 atom stereocenters. The molecule has 31 heavy (non-hydrogen) atoms. The highest BCUT2D eigenvalue weighted by Gasteiger charge is 2.78. The molecule has 1 aliphatic carbocycles. The fraction of sp³-hybridized carbons (Fsp3) is 0.333. The predicted molar refractivity (Wildman–Crippen MR) is 113 cm³/mol. The van der Waals surface area contributed by atoms with E-state index in [-0.39, 0.29) is 23.4 Å². The number of ether oxygens (including phenoxy) is 1. The molecule has 1 saturated heterocycles. The van der Waals surface area contributed by atoms with Crippen molar-refractivity contribution in [2.24, 2.45) is 5.92 Å². The molecule has 1 spiro atoms. The summed E-state index contributed by atoms with van der Waals surface area (Å²) < 4.78 is 18.8. The van der Waals surface area contributed by atoms with Gasteiger partial charge in [-0.15, -0.1) is 0 Å². The molecule has 158 valence electrons. The molecule has 1 amide bonds. The van der Waals surface area contributed by atoms with E-state index in [1.54, 1.807) is 18.5 Å². The van der Waals surface area contributed by atoms with Crippen LogP contribution in [-0.2, 0) is 0 Å². The van der Waals surface area contributed by atoms with Crippen molar-refractivity contribution < 1.29 is 13.9 Å². The van der Waals surface area contributed by atoms with Gasteiger partial charge in [0.1, 0.15) is 5.82 Å². The fourth-order valence-corrected chi connectivity index (χ4v) is 4.75. The molecule has 1 saturated carbocycles. The summed E-state index contributed by atoms with van der Waals surface area (Å²) in [5.74, 6) is 0.816. The number of halogens is 1. The highest BCUT2D eigenvalue weighted by molar-refractivity contribution is 6.03. The summed E-state index contributed by atoms with van der Waals surface area (Å²) in [7, 11) is 0. The summed E-state index contributed by atoms with van der Waals surface area (Å²) >= 11 is 0. The minimum Gasteiger partial charge on any atom is -0.477 e. The Morgan fingerprint density at radius 1 is 1.23 bits per heavy atom. The van der Waals surface area contributed by atoms with Crippen molar-refractivity contribution in [2.75, 3.05) is 6.61 Å². The van der Waals surface area contributed by atoms with Gasteiger partial charge in [-0.25, -0.2) is 19.3 Å². The number of pyridine rings is 1. The minimum absolute atomic E-state index is 0.0143. The first-order chi connectivity index (χ1) is 15.0. The number of carbonyl (C=O) groups excluding carboxylic acids is 1. The van der Waals surface area contributed by atoms with Gasteiger partial charge in [-0.3, -0.25) is 4.79 Å². The number of nitrogens with zero attached hydrogens (tertiary/aromatic N) is 4. The minimum atomic E-state index is -0.392. The number of aryl methyl sites for hydroxylation is 1. The molecule has 1 aliphatic heterocycles. The molecule has 1 aromatic carbocycles. The van der Waals surface area contributed by atoms with Crippen LogP contribution in [0.1, 0.15) is 35.7 Å². The van der Waals surface area contributed by atoms with E-state index >= 15 is 0 Å². The van der Waals surface area contributed by atoms with Crippen molar-refractivity contribution in [1.82, 2.24) is 19.9 Å². The molecular weight excluding hydrogens is 395 g/mol. The van der Waals surface area contributed by atoms with Crippen LogP contribution >= 0.6 is 0 Å². The number of amides is 1. The van der Waals surface area contributed by atoms with Gasteiger partial charge in [0.25, 0.3) is 5.91 Å². The molecule has 2 aromatic heterocycles. The lowest BCUT2D eigenvalue weighted by atomic mass is 10.0. The Balaban J connectivity index is 1.36. The average molecular weight is 418 g/mol. The first-order valence-corrected chi connectivity index (χ1v) is 10.5. The number of benzene rings is 1. The van der Waals surface area contributed by atoms with E-state index in [1.807, 2.05) is 30.0 Å². The molecule has 5 rings (SSSR count). The maximum absolute atomic E-state index is 13.6. The smallest absolute Gasteiger partial charge is 0.255 e. The number of rotatable bonds is 6. The second-order valence-corrected chi connectivity index (χ2v) is 8.24.